The number of carbonyl (C=O) groups is 1. The minimum Gasteiger partial charge on any atom is -0.396 e. The Labute approximate surface area is 123 Å². The van der Waals surface area contributed by atoms with E-state index in [1.165, 1.54) is 0 Å². The zero-order chi connectivity index (χ0) is 15.2. The minimum absolute atomic E-state index is 0.0530. The van der Waals surface area contributed by atoms with Crippen LogP contribution in [0.3, 0.4) is 0 Å². The Balaban J connectivity index is 2.12. The van der Waals surface area contributed by atoms with Crippen molar-refractivity contribution in [1.82, 2.24) is 15.5 Å². The van der Waals surface area contributed by atoms with Crippen molar-refractivity contribution in [3.63, 3.8) is 0 Å². The van der Waals surface area contributed by atoms with Crippen molar-refractivity contribution < 1.29 is 9.90 Å². The van der Waals surface area contributed by atoms with E-state index in [0.717, 1.165) is 32.1 Å². The van der Waals surface area contributed by atoms with Gasteiger partial charge in [0.1, 0.15) is 0 Å². The van der Waals surface area contributed by atoms with Crippen LogP contribution < -0.4 is 10.6 Å². The molecule has 2 atom stereocenters. The summed E-state index contributed by atoms with van der Waals surface area (Å²) in [5, 5.41) is 15.1. The van der Waals surface area contributed by atoms with E-state index in [1.54, 1.807) is 0 Å². The second-order valence-corrected chi connectivity index (χ2v) is 6.95. The third-order valence-corrected chi connectivity index (χ3v) is 4.21. The highest BCUT2D eigenvalue weighted by molar-refractivity contribution is 5.74. The maximum absolute atomic E-state index is 11.8. The number of amides is 2. The van der Waals surface area contributed by atoms with E-state index in [-0.39, 0.29) is 18.1 Å². The predicted octanol–water partition coefficient (Wildman–Crippen LogP) is 1.57. The summed E-state index contributed by atoms with van der Waals surface area (Å²) in [6, 6.07) is 0.832. The Bertz CT molecular complexity index is 305. The molecule has 0 aliphatic heterocycles. The molecule has 0 heterocycles. The molecule has 1 fully saturated rings. The van der Waals surface area contributed by atoms with Crippen LogP contribution in [0.4, 0.5) is 4.79 Å². The quantitative estimate of drug-likeness (QED) is 0.622. The number of aliphatic hydroxyl groups excluding tert-OH is 1. The van der Waals surface area contributed by atoms with Gasteiger partial charge in [0.05, 0.1) is 0 Å². The number of rotatable bonds is 7. The highest BCUT2D eigenvalue weighted by Crippen LogP contribution is 2.22. The lowest BCUT2D eigenvalue weighted by atomic mass is 9.89. The summed E-state index contributed by atoms with van der Waals surface area (Å²) in [7, 11) is 4.19. The Kier molecular flexibility index (Phi) is 6.76. The summed E-state index contributed by atoms with van der Waals surface area (Å²) < 4.78 is 0. The average molecular weight is 285 g/mol. The topological polar surface area (TPSA) is 64.6 Å². The molecule has 5 nitrogen and oxygen atoms in total. The summed E-state index contributed by atoms with van der Waals surface area (Å²) in [6.07, 6.45) is 5.07. The largest absolute Gasteiger partial charge is 0.396 e. The number of carbonyl (C=O) groups excluding carboxylic acids is 1. The monoisotopic (exact) mass is 285 g/mol. The molecule has 5 heteroatoms. The van der Waals surface area contributed by atoms with Gasteiger partial charge < -0.3 is 20.6 Å². The van der Waals surface area contributed by atoms with Gasteiger partial charge in [0.25, 0.3) is 0 Å². The number of nitrogens with one attached hydrogen (secondary N) is 2. The molecule has 0 spiro atoms. The van der Waals surface area contributed by atoms with E-state index < -0.39 is 0 Å². The van der Waals surface area contributed by atoms with E-state index >= 15 is 0 Å². The third kappa shape index (κ3) is 6.09. The fourth-order valence-electron chi connectivity index (χ4n) is 2.64. The van der Waals surface area contributed by atoms with E-state index in [1.807, 2.05) is 13.8 Å². The maximum Gasteiger partial charge on any atom is 0.315 e. The first-order valence-corrected chi connectivity index (χ1v) is 7.66. The van der Waals surface area contributed by atoms with Crippen LogP contribution in [-0.4, -0.2) is 55.4 Å². The normalized spacial score (nSPS) is 23.1. The van der Waals surface area contributed by atoms with Gasteiger partial charge in [-0.05, 0) is 51.6 Å². The van der Waals surface area contributed by atoms with Gasteiger partial charge in [-0.25, -0.2) is 4.79 Å². The SMILES string of the molecule is CN(C)C1CCC(NC(=O)NCCCC(C)(C)CO)C1. The van der Waals surface area contributed by atoms with Crippen LogP contribution in [0.25, 0.3) is 0 Å². The van der Waals surface area contributed by atoms with Gasteiger partial charge in [-0.3, -0.25) is 0 Å². The fraction of sp³-hybridized carbons (Fsp3) is 0.933. The number of hydrogen-bond acceptors (Lipinski definition) is 3. The Morgan fingerprint density at radius 2 is 2.05 bits per heavy atom. The van der Waals surface area contributed by atoms with Gasteiger partial charge in [0.2, 0.25) is 0 Å². The zero-order valence-electron chi connectivity index (χ0n) is 13.4. The predicted molar refractivity (Wildman–Crippen MR) is 81.7 cm³/mol. The molecule has 0 aromatic carbocycles. The smallest absolute Gasteiger partial charge is 0.315 e. The molecule has 1 saturated carbocycles. The summed E-state index contributed by atoms with van der Waals surface area (Å²) in [4.78, 5) is 14.0. The fourth-order valence-corrected chi connectivity index (χ4v) is 2.64. The van der Waals surface area contributed by atoms with Crippen molar-refractivity contribution in [2.45, 2.75) is 58.0 Å². The molecule has 118 valence electrons. The molecule has 2 amide bonds. The summed E-state index contributed by atoms with van der Waals surface area (Å²) in [6.45, 7) is 4.92. The Morgan fingerprint density at radius 1 is 1.35 bits per heavy atom. The molecule has 20 heavy (non-hydrogen) atoms. The van der Waals surface area contributed by atoms with Crippen LogP contribution in [0.2, 0.25) is 0 Å². The molecule has 0 radical (unpaired) electrons. The number of urea groups is 1. The van der Waals surface area contributed by atoms with Crippen LogP contribution in [0.1, 0.15) is 46.0 Å². The Morgan fingerprint density at radius 3 is 2.60 bits per heavy atom. The van der Waals surface area contributed by atoms with Crippen molar-refractivity contribution in [1.29, 1.82) is 0 Å². The lowest BCUT2D eigenvalue weighted by Gasteiger charge is -2.21. The van der Waals surface area contributed by atoms with Gasteiger partial charge in [-0.1, -0.05) is 13.8 Å². The molecule has 1 aliphatic rings. The van der Waals surface area contributed by atoms with E-state index in [9.17, 15) is 4.79 Å². The Hall–Kier alpha value is -0.810. The molecular formula is C15H31N3O2. The second kappa shape index (κ2) is 7.84. The van der Waals surface area contributed by atoms with Gasteiger partial charge in [-0.15, -0.1) is 0 Å². The number of nitrogens with zero attached hydrogens (tertiary/aromatic N) is 1. The second-order valence-electron chi connectivity index (χ2n) is 6.95. The van der Waals surface area contributed by atoms with Gasteiger partial charge in [-0.2, -0.15) is 0 Å². The molecule has 0 aromatic heterocycles. The molecule has 0 bridgehead atoms. The van der Waals surface area contributed by atoms with Crippen molar-refractivity contribution in [2.24, 2.45) is 5.41 Å². The summed E-state index contributed by atoms with van der Waals surface area (Å²) in [5.41, 5.74) is -0.0530. The molecular weight excluding hydrogens is 254 g/mol. The van der Waals surface area contributed by atoms with Gasteiger partial charge in [0.15, 0.2) is 0 Å². The van der Waals surface area contributed by atoms with Crippen LogP contribution in [0, 0.1) is 5.41 Å². The van der Waals surface area contributed by atoms with E-state index in [4.69, 9.17) is 5.11 Å². The highest BCUT2D eigenvalue weighted by atomic mass is 16.3. The number of hydrogen-bond donors (Lipinski definition) is 3. The third-order valence-electron chi connectivity index (χ3n) is 4.21. The number of aliphatic hydroxyl groups is 1. The zero-order valence-corrected chi connectivity index (χ0v) is 13.4. The van der Waals surface area contributed by atoms with Crippen molar-refractivity contribution >= 4 is 6.03 Å². The first kappa shape index (κ1) is 17.2. The molecule has 1 rings (SSSR count). The van der Waals surface area contributed by atoms with Crippen LogP contribution in [0.5, 0.6) is 0 Å². The van der Waals surface area contributed by atoms with Crippen LogP contribution in [0.15, 0.2) is 0 Å². The first-order valence-electron chi connectivity index (χ1n) is 7.66. The molecule has 2 unspecified atom stereocenters. The van der Waals surface area contributed by atoms with Crippen LogP contribution >= 0.6 is 0 Å². The van der Waals surface area contributed by atoms with Gasteiger partial charge in [0, 0.05) is 25.2 Å². The van der Waals surface area contributed by atoms with Crippen molar-refractivity contribution in [3.8, 4) is 0 Å². The van der Waals surface area contributed by atoms with Gasteiger partial charge >= 0.3 is 6.03 Å². The van der Waals surface area contributed by atoms with E-state index in [2.05, 4.69) is 29.6 Å². The maximum atomic E-state index is 11.8. The standard InChI is InChI=1S/C15H31N3O2/c1-15(2,11-19)8-5-9-16-14(20)17-12-6-7-13(10-12)18(3)4/h12-13,19H,5-11H2,1-4H3,(H2,16,17,20). The molecule has 3 N–H and O–H groups in total. The molecule has 0 aromatic rings. The highest BCUT2D eigenvalue weighted by Gasteiger charge is 2.26. The van der Waals surface area contributed by atoms with E-state index in [0.29, 0.717) is 18.6 Å². The lowest BCUT2D eigenvalue weighted by molar-refractivity contribution is 0.148. The van der Waals surface area contributed by atoms with Crippen LogP contribution in [-0.2, 0) is 0 Å². The summed E-state index contributed by atoms with van der Waals surface area (Å²) >= 11 is 0. The first-order chi connectivity index (χ1) is 9.34. The lowest BCUT2D eigenvalue weighted by Crippen LogP contribution is -2.42. The molecule has 1 aliphatic carbocycles. The molecule has 0 saturated heterocycles. The van der Waals surface area contributed by atoms with Crippen molar-refractivity contribution in [3.05, 3.63) is 0 Å². The summed E-state index contributed by atoms with van der Waals surface area (Å²) in [5.74, 6) is 0. The minimum atomic E-state index is -0.0591. The average Bonchev–Trinajstić information content (AvgIpc) is 2.83. The van der Waals surface area contributed by atoms with Crippen molar-refractivity contribution in [2.75, 3.05) is 27.2 Å².